The van der Waals surface area contributed by atoms with Gasteiger partial charge in [-0.3, -0.25) is 4.79 Å². The number of nitrogens with zero attached hydrogens (tertiary/aromatic N) is 1. The number of likely N-dealkylation sites (tertiary alicyclic amines) is 1. The van der Waals surface area contributed by atoms with Gasteiger partial charge in [0.2, 0.25) is 5.91 Å². The highest BCUT2D eigenvalue weighted by molar-refractivity contribution is 5.82. The van der Waals surface area contributed by atoms with E-state index in [1.54, 1.807) is 0 Å². The summed E-state index contributed by atoms with van der Waals surface area (Å²) < 4.78 is 0. The molecule has 0 aromatic carbocycles. The summed E-state index contributed by atoms with van der Waals surface area (Å²) in [5.74, 6) is 0.808. The summed E-state index contributed by atoms with van der Waals surface area (Å²) in [5.41, 5.74) is 5.39. The quantitative estimate of drug-likeness (QED) is 0.741. The molecule has 2 N–H and O–H groups in total. The molecule has 0 bridgehead atoms. The molecule has 1 rings (SSSR count). The first-order valence-corrected chi connectivity index (χ1v) is 5.50. The zero-order valence-electron chi connectivity index (χ0n) is 9.55. The second-order valence-corrected chi connectivity index (χ2v) is 4.88. The van der Waals surface area contributed by atoms with Crippen LogP contribution in [0, 0.1) is 11.3 Å². The molecule has 14 heavy (non-hydrogen) atoms. The second kappa shape index (κ2) is 4.30. The molecule has 1 aliphatic rings. The minimum Gasteiger partial charge on any atom is -0.342 e. The van der Waals surface area contributed by atoms with Crippen LogP contribution in [0.5, 0.6) is 0 Å². The van der Waals surface area contributed by atoms with Crippen LogP contribution in [0.3, 0.4) is 0 Å². The van der Waals surface area contributed by atoms with E-state index >= 15 is 0 Å². The molecule has 0 spiro atoms. The van der Waals surface area contributed by atoms with Crippen LogP contribution in [0.1, 0.15) is 33.6 Å². The molecule has 1 heterocycles. The van der Waals surface area contributed by atoms with Crippen LogP contribution in [0.2, 0.25) is 0 Å². The topological polar surface area (TPSA) is 46.3 Å². The van der Waals surface area contributed by atoms with Crippen molar-refractivity contribution in [3.8, 4) is 0 Å². The highest BCUT2D eigenvalue weighted by Crippen LogP contribution is 2.26. The molecule has 1 amide bonds. The minimum atomic E-state index is -0.205. The van der Waals surface area contributed by atoms with Crippen LogP contribution in [0.4, 0.5) is 0 Å². The van der Waals surface area contributed by atoms with Gasteiger partial charge in [-0.05, 0) is 25.3 Å². The molecule has 0 aromatic heterocycles. The van der Waals surface area contributed by atoms with Crippen molar-refractivity contribution in [1.29, 1.82) is 0 Å². The van der Waals surface area contributed by atoms with Crippen molar-refractivity contribution in [3.05, 3.63) is 0 Å². The molecule has 1 atom stereocenters. The minimum absolute atomic E-state index is 0.205. The van der Waals surface area contributed by atoms with Gasteiger partial charge in [-0.1, -0.05) is 20.8 Å². The fraction of sp³-hybridized carbons (Fsp3) is 0.909. The summed E-state index contributed by atoms with van der Waals surface area (Å²) in [4.78, 5) is 14.0. The number of nitrogens with two attached hydrogens (primary N) is 1. The Morgan fingerprint density at radius 3 is 2.64 bits per heavy atom. The first kappa shape index (κ1) is 11.5. The van der Waals surface area contributed by atoms with Crippen LogP contribution in [-0.2, 0) is 4.79 Å². The maximum Gasteiger partial charge on any atom is 0.228 e. The average molecular weight is 198 g/mol. The van der Waals surface area contributed by atoms with Gasteiger partial charge >= 0.3 is 0 Å². The van der Waals surface area contributed by atoms with E-state index in [1.807, 2.05) is 18.7 Å². The van der Waals surface area contributed by atoms with Crippen LogP contribution >= 0.6 is 0 Å². The van der Waals surface area contributed by atoms with Gasteiger partial charge in [0, 0.05) is 18.5 Å². The van der Waals surface area contributed by atoms with E-state index in [4.69, 9.17) is 5.73 Å². The van der Waals surface area contributed by atoms with Gasteiger partial charge in [-0.15, -0.1) is 0 Å². The number of carbonyl (C=O) groups is 1. The zero-order valence-corrected chi connectivity index (χ0v) is 9.55. The van der Waals surface area contributed by atoms with Crippen LogP contribution in [-0.4, -0.2) is 30.4 Å². The third kappa shape index (κ3) is 2.27. The van der Waals surface area contributed by atoms with Crippen molar-refractivity contribution in [1.82, 2.24) is 4.90 Å². The van der Waals surface area contributed by atoms with Gasteiger partial charge in [0.25, 0.3) is 0 Å². The Labute approximate surface area is 86.6 Å². The molecule has 1 unspecified atom stereocenters. The SMILES string of the molecule is CCC(C)(C)C(=O)N1CCC(CN)C1. The molecular weight excluding hydrogens is 176 g/mol. The second-order valence-electron chi connectivity index (χ2n) is 4.88. The molecule has 0 saturated carbocycles. The van der Waals surface area contributed by atoms with E-state index in [1.165, 1.54) is 0 Å². The number of rotatable bonds is 3. The summed E-state index contributed by atoms with van der Waals surface area (Å²) in [5, 5.41) is 0. The van der Waals surface area contributed by atoms with Crippen LogP contribution < -0.4 is 5.73 Å². The Hall–Kier alpha value is -0.570. The summed E-state index contributed by atoms with van der Waals surface area (Å²) in [7, 11) is 0. The molecule has 1 saturated heterocycles. The Bertz CT molecular complexity index is 213. The molecule has 3 nitrogen and oxygen atoms in total. The summed E-state index contributed by atoms with van der Waals surface area (Å²) >= 11 is 0. The lowest BCUT2D eigenvalue weighted by Crippen LogP contribution is -2.39. The van der Waals surface area contributed by atoms with E-state index in [9.17, 15) is 4.79 Å². The van der Waals surface area contributed by atoms with Crippen LogP contribution in [0.15, 0.2) is 0 Å². The third-order valence-corrected chi connectivity index (χ3v) is 3.37. The lowest BCUT2D eigenvalue weighted by Gasteiger charge is -2.28. The number of amides is 1. The van der Waals surface area contributed by atoms with Gasteiger partial charge in [0.1, 0.15) is 0 Å². The molecule has 0 aliphatic carbocycles. The first-order chi connectivity index (χ1) is 6.51. The van der Waals surface area contributed by atoms with Gasteiger partial charge < -0.3 is 10.6 Å². The zero-order chi connectivity index (χ0) is 10.8. The third-order valence-electron chi connectivity index (χ3n) is 3.37. The highest BCUT2D eigenvalue weighted by atomic mass is 16.2. The summed E-state index contributed by atoms with van der Waals surface area (Å²) in [6, 6.07) is 0. The Balaban J connectivity index is 2.55. The van der Waals surface area contributed by atoms with E-state index < -0.39 is 0 Å². The fourth-order valence-electron chi connectivity index (χ4n) is 1.79. The van der Waals surface area contributed by atoms with Gasteiger partial charge in [-0.2, -0.15) is 0 Å². The number of hydrogen-bond donors (Lipinski definition) is 1. The maximum atomic E-state index is 12.0. The number of carbonyl (C=O) groups excluding carboxylic acids is 1. The van der Waals surface area contributed by atoms with Crippen molar-refractivity contribution < 1.29 is 4.79 Å². The Kier molecular flexibility index (Phi) is 3.53. The summed E-state index contributed by atoms with van der Waals surface area (Å²) in [6.07, 6.45) is 1.97. The molecule has 1 aliphatic heterocycles. The molecule has 82 valence electrons. The predicted molar refractivity (Wildman–Crippen MR) is 57.8 cm³/mol. The van der Waals surface area contributed by atoms with Crippen molar-refractivity contribution in [2.75, 3.05) is 19.6 Å². The fourth-order valence-corrected chi connectivity index (χ4v) is 1.79. The van der Waals surface area contributed by atoms with Crippen molar-refractivity contribution in [2.45, 2.75) is 33.6 Å². The molecule has 0 aromatic rings. The van der Waals surface area contributed by atoms with Crippen molar-refractivity contribution in [2.24, 2.45) is 17.1 Å². The molecule has 1 fully saturated rings. The van der Waals surface area contributed by atoms with Crippen molar-refractivity contribution >= 4 is 5.91 Å². The predicted octanol–water partition coefficient (Wildman–Crippen LogP) is 1.23. The Morgan fingerprint density at radius 1 is 1.57 bits per heavy atom. The monoisotopic (exact) mass is 198 g/mol. The van der Waals surface area contributed by atoms with Gasteiger partial charge in [0.15, 0.2) is 0 Å². The summed E-state index contributed by atoms with van der Waals surface area (Å²) in [6.45, 7) is 8.56. The first-order valence-electron chi connectivity index (χ1n) is 5.50. The Morgan fingerprint density at radius 2 is 2.21 bits per heavy atom. The number of hydrogen-bond acceptors (Lipinski definition) is 2. The van der Waals surface area contributed by atoms with Gasteiger partial charge in [-0.25, -0.2) is 0 Å². The molecule has 0 radical (unpaired) electrons. The smallest absolute Gasteiger partial charge is 0.228 e. The van der Waals surface area contributed by atoms with E-state index in [-0.39, 0.29) is 11.3 Å². The largest absolute Gasteiger partial charge is 0.342 e. The van der Waals surface area contributed by atoms with E-state index in [0.717, 1.165) is 25.9 Å². The maximum absolute atomic E-state index is 12.0. The van der Waals surface area contributed by atoms with Crippen LogP contribution in [0.25, 0.3) is 0 Å². The lowest BCUT2D eigenvalue weighted by molar-refractivity contribution is -0.139. The van der Waals surface area contributed by atoms with E-state index in [2.05, 4.69) is 6.92 Å². The van der Waals surface area contributed by atoms with E-state index in [0.29, 0.717) is 12.5 Å². The standard InChI is InChI=1S/C11H22N2O/c1-4-11(2,3)10(14)13-6-5-9(7-12)8-13/h9H,4-8,12H2,1-3H3. The lowest BCUT2D eigenvalue weighted by atomic mass is 9.88. The molecule has 3 heteroatoms. The van der Waals surface area contributed by atoms with Gasteiger partial charge in [0.05, 0.1) is 0 Å². The average Bonchev–Trinajstić information content (AvgIpc) is 2.64. The molecular formula is C11H22N2O. The van der Waals surface area contributed by atoms with Crippen molar-refractivity contribution in [3.63, 3.8) is 0 Å². The normalized spacial score (nSPS) is 22.9. The highest BCUT2D eigenvalue weighted by Gasteiger charge is 2.33.